The molecule has 1 aromatic rings. The molecule has 0 saturated heterocycles. The lowest BCUT2D eigenvalue weighted by Crippen LogP contribution is -1.74. The molecule has 0 unspecified atom stereocenters. The average Bonchev–Trinajstić information content (AvgIpc) is 2.14. The summed E-state index contributed by atoms with van der Waals surface area (Å²) < 4.78 is 4.29. The first-order chi connectivity index (χ1) is 3.84. The van der Waals surface area contributed by atoms with E-state index in [1.807, 2.05) is 0 Å². The van der Waals surface area contributed by atoms with E-state index in [0.29, 0.717) is 11.4 Å². The van der Waals surface area contributed by atoms with E-state index in [1.165, 1.54) is 0 Å². The fourth-order valence-electron chi connectivity index (χ4n) is 0.363. The van der Waals surface area contributed by atoms with Gasteiger partial charge >= 0.3 is 0 Å². The van der Waals surface area contributed by atoms with Crippen LogP contribution in [0.3, 0.4) is 0 Å². The first kappa shape index (κ1) is 4.85. The molecule has 0 bridgehead atoms. The van der Waals surface area contributed by atoms with E-state index in [2.05, 4.69) is 20.9 Å². The van der Waals surface area contributed by atoms with Crippen molar-refractivity contribution in [3.8, 4) is 12.3 Å². The molecular formula is C5H4N2O. The van der Waals surface area contributed by atoms with E-state index in [9.17, 15) is 0 Å². The third-order valence-corrected chi connectivity index (χ3v) is 0.789. The molecule has 0 fully saturated rings. The highest BCUT2D eigenvalue weighted by molar-refractivity contribution is 5.25. The van der Waals surface area contributed by atoms with E-state index in [1.54, 1.807) is 6.92 Å². The van der Waals surface area contributed by atoms with Gasteiger partial charge in [-0.2, -0.15) is 0 Å². The van der Waals surface area contributed by atoms with Gasteiger partial charge in [0.05, 0.1) is 0 Å². The second-order valence-corrected chi connectivity index (χ2v) is 1.34. The molecule has 1 rings (SSSR count). The van der Waals surface area contributed by atoms with Crippen LogP contribution in [0.1, 0.15) is 11.4 Å². The number of hydrogen-bond donors (Lipinski definition) is 0. The van der Waals surface area contributed by atoms with Crippen molar-refractivity contribution in [3.63, 3.8) is 0 Å². The molecule has 0 N–H and O–H groups in total. The van der Waals surface area contributed by atoms with Crippen LogP contribution in [-0.4, -0.2) is 10.3 Å². The van der Waals surface area contributed by atoms with Crippen LogP contribution in [0, 0.1) is 19.3 Å². The smallest absolute Gasteiger partial charge is 0.180 e. The summed E-state index contributed by atoms with van der Waals surface area (Å²) in [7, 11) is 0. The van der Waals surface area contributed by atoms with Crippen LogP contribution < -0.4 is 0 Å². The second-order valence-electron chi connectivity index (χ2n) is 1.34. The topological polar surface area (TPSA) is 38.9 Å². The molecule has 3 nitrogen and oxygen atoms in total. The Hall–Kier alpha value is -1.30. The molecule has 1 aromatic heterocycles. The Morgan fingerprint density at radius 2 is 2.38 bits per heavy atom. The van der Waals surface area contributed by atoms with Crippen molar-refractivity contribution in [2.45, 2.75) is 6.92 Å². The Kier molecular flexibility index (Phi) is 1.01. The van der Waals surface area contributed by atoms with Gasteiger partial charge in [0, 0.05) is 0 Å². The van der Waals surface area contributed by atoms with Gasteiger partial charge in [-0.1, -0.05) is 5.16 Å². The second kappa shape index (κ2) is 1.66. The molecule has 0 spiro atoms. The summed E-state index contributed by atoms with van der Waals surface area (Å²) in [4.78, 5) is 0. The van der Waals surface area contributed by atoms with Gasteiger partial charge in [0.15, 0.2) is 5.69 Å². The van der Waals surface area contributed by atoms with E-state index in [-0.39, 0.29) is 0 Å². The first-order valence-corrected chi connectivity index (χ1v) is 2.10. The third-order valence-electron chi connectivity index (χ3n) is 0.789. The van der Waals surface area contributed by atoms with E-state index >= 15 is 0 Å². The van der Waals surface area contributed by atoms with E-state index in [4.69, 9.17) is 6.42 Å². The van der Waals surface area contributed by atoms with Gasteiger partial charge in [0.25, 0.3) is 0 Å². The summed E-state index contributed by atoms with van der Waals surface area (Å²) in [5, 5.41) is 6.87. The molecule has 1 heterocycles. The summed E-state index contributed by atoms with van der Waals surface area (Å²) in [6.45, 7) is 1.74. The molecule has 0 aromatic carbocycles. The minimum Gasteiger partial charge on any atom is -0.243 e. The standard InChI is InChI=1S/C5H4N2O/c1-3-5-4(2)6-8-7-5/h1H,2H3. The summed E-state index contributed by atoms with van der Waals surface area (Å²) in [5.41, 5.74) is 1.14. The SMILES string of the molecule is C#Cc1nonc1C. The van der Waals surface area contributed by atoms with Crippen molar-refractivity contribution in [2.75, 3.05) is 0 Å². The lowest BCUT2D eigenvalue weighted by atomic mass is 10.4. The molecule has 0 aliphatic carbocycles. The quantitative estimate of drug-likeness (QED) is 0.450. The zero-order valence-corrected chi connectivity index (χ0v) is 4.38. The van der Waals surface area contributed by atoms with Crippen LogP contribution in [-0.2, 0) is 0 Å². The molecule has 0 saturated carbocycles. The van der Waals surface area contributed by atoms with Gasteiger partial charge in [-0.3, -0.25) is 0 Å². The first-order valence-electron chi connectivity index (χ1n) is 2.10. The van der Waals surface area contributed by atoms with Crippen molar-refractivity contribution in [1.82, 2.24) is 10.3 Å². The van der Waals surface area contributed by atoms with E-state index < -0.39 is 0 Å². The minimum atomic E-state index is 0.477. The number of rotatable bonds is 0. The molecule has 3 heteroatoms. The van der Waals surface area contributed by atoms with Crippen molar-refractivity contribution >= 4 is 0 Å². The normalized spacial score (nSPS) is 8.50. The monoisotopic (exact) mass is 108 g/mol. The number of nitrogens with zero attached hydrogens (tertiary/aromatic N) is 2. The van der Waals surface area contributed by atoms with Crippen LogP contribution in [0.25, 0.3) is 0 Å². The molecule has 0 radical (unpaired) electrons. The van der Waals surface area contributed by atoms with Crippen molar-refractivity contribution in [2.24, 2.45) is 0 Å². The van der Waals surface area contributed by atoms with Crippen LogP contribution >= 0.6 is 0 Å². The third kappa shape index (κ3) is 0.562. The molecular weight excluding hydrogens is 104 g/mol. The number of aromatic nitrogens is 2. The Balaban J connectivity index is 3.15. The largest absolute Gasteiger partial charge is 0.243 e. The number of terminal acetylenes is 1. The van der Waals surface area contributed by atoms with Crippen molar-refractivity contribution in [1.29, 1.82) is 0 Å². The van der Waals surface area contributed by atoms with Crippen molar-refractivity contribution < 1.29 is 4.63 Å². The minimum absolute atomic E-state index is 0.477. The van der Waals surface area contributed by atoms with Crippen LogP contribution in [0.5, 0.6) is 0 Å². The maximum Gasteiger partial charge on any atom is 0.180 e. The van der Waals surface area contributed by atoms with Crippen LogP contribution in [0.4, 0.5) is 0 Å². The van der Waals surface area contributed by atoms with Gasteiger partial charge in [-0.25, -0.2) is 4.63 Å². The highest BCUT2D eigenvalue weighted by atomic mass is 16.6. The maximum absolute atomic E-state index is 4.98. The van der Waals surface area contributed by atoms with Gasteiger partial charge in [0.2, 0.25) is 0 Å². The van der Waals surface area contributed by atoms with Crippen LogP contribution in [0.2, 0.25) is 0 Å². The average molecular weight is 108 g/mol. The zero-order valence-electron chi connectivity index (χ0n) is 4.38. The molecule has 0 aliphatic rings. The van der Waals surface area contributed by atoms with Gasteiger partial charge in [0.1, 0.15) is 5.69 Å². The molecule has 40 valence electrons. The van der Waals surface area contributed by atoms with Crippen LogP contribution in [0.15, 0.2) is 4.63 Å². The predicted octanol–water partition coefficient (Wildman–Crippen LogP) is 0.359. The molecule has 0 amide bonds. The predicted molar refractivity (Wildman–Crippen MR) is 27.0 cm³/mol. The maximum atomic E-state index is 4.98. The summed E-state index contributed by atoms with van der Waals surface area (Å²) in [6.07, 6.45) is 4.98. The van der Waals surface area contributed by atoms with Gasteiger partial charge in [-0.05, 0) is 18.0 Å². The van der Waals surface area contributed by atoms with Gasteiger partial charge < -0.3 is 0 Å². The highest BCUT2D eigenvalue weighted by Crippen LogP contribution is 1.95. The fraction of sp³-hybridized carbons (Fsp3) is 0.200. The lowest BCUT2D eigenvalue weighted by molar-refractivity contribution is 0.303. The Labute approximate surface area is 46.7 Å². The summed E-state index contributed by atoms with van der Waals surface area (Å²) >= 11 is 0. The zero-order chi connectivity index (χ0) is 5.98. The highest BCUT2D eigenvalue weighted by Gasteiger charge is 1.97. The van der Waals surface area contributed by atoms with Crippen molar-refractivity contribution in [3.05, 3.63) is 11.4 Å². The fourth-order valence-corrected chi connectivity index (χ4v) is 0.363. The van der Waals surface area contributed by atoms with Gasteiger partial charge in [-0.15, -0.1) is 6.42 Å². The number of aryl methyl sites for hydroxylation is 1. The number of hydrogen-bond acceptors (Lipinski definition) is 3. The Morgan fingerprint density at radius 3 is 2.62 bits per heavy atom. The Morgan fingerprint density at radius 1 is 1.62 bits per heavy atom. The summed E-state index contributed by atoms with van der Waals surface area (Å²) in [5.74, 6) is 2.31. The molecule has 0 aliphatic heterocycles. The molecule has 0 atom stereocenters. The Bertz CT molecular complexity index is 221. The lowest BCUT2D eigenvalue weighted by Gasteiger charge is -1.71. The molecule has 8 heavy (non-hydrogen) atoms. The summed E-state index contributed by atoms with van der Waals surface area (Å²) in [6, 6.07) is 0. The van der Waals surface area contributed by atoms with E-state index in [0.717, 1.165) is 0 Å².